The normalized spacial score (nSPS) is 10.9. The molecule has 0 aliphatic carbocycles. The second kappa shape index (κ2) is 10.8. The summed E-state index contributed by atoms with van der Waals surface area (Å²) < 4.78 is 22.5. The third-order valence-corrected chi connectivity index (χ3v) is 5.77. The molecule has 0 aliphatic heterocycles. The van der Waals surface area contributed by atoms with Gasteiger partial charge in [-0.25, -0.2) is 4.79 Å². The van der Waals surface area contributed by atoms with Gasteiger partial charge in [0.15, 0.2) is 28.8 Å². The molecule has 2 N–H and O–H groups in total. The van der Waals surface area contributed by atoms with Crippen molar-refractivity contribution in [2.45, 2.75) is 0 Å². The summed E-state index contributed by atoms with van der Waals surface area (Å²) in [5, 5.41) is 10.1. The van der Waals surface area contributed by atoms with E-state index >= 15 is 0 Å². The number of methoxy groups -OCH3 is 4. The molecule has 0 spiro atoms. The van der Waals surface area contributed by atoms with Gasteiger partial charge in [-0.1, -0.05) is 18.2 Å². The summed E-state index contributed by atoms with van der Waals surface area (Å²) in [6.45, 7) is 0. The van der Waals surface area contributed by atoms with Crippen LogP contribution in [0.5, 0.6) is 28.7 Å². The Morgan fingerprint density at radius 1 is 0.865 bits per heavy atom. The van der Waals surface area contributed by atoms with Crippen molar-refractivity contribution in [3.63, 3.8) is 0 Å². The van der Waals surface area contributed by atoms with Gasteiger partial charge in [0.2, 0.25) is 5.75 Å². The van der Waals surface area contributed by atoms with Crippen LogP contribution in [-0.4, -0.2) is 48.9 Å². The number of H-pyrrole nitrogens is 1. The highest BCUT2D eigenvalue weighted by molar-refractivity contribution is 6.07. The minimum Gasteiger partial charge on any atom is -0.502 e. The lowest BCUT2D eigenvalue weighted by Gasteiger charge is -2.12. The number of aromatic nitrogens is 2. The predicted molar refractivity (Wildman–Crippen MR) is 140 cm³/mol. The van der Waals surface area contributed by atoms with Crippen LogP contribution in [0.2, 0.25) is 0 Å². The Kier molecular flexibility index (Phi) is 7.34. The van der Waals surface area contributed by atoms with Crippen molar-refractivity contribution in [1.82, 2.24) is 9.55 Å². The Hall–Kier alpha value is -4.92. The Bertz CT molecular complexity index is 1510. The first-order chi connectivity index (χ1) is 17.9. The molecule has 0 unspecified atom stereocenters. The fraction of sp³-hybridized carbons (Fsp3) is 0.143. The number of benzene rings is 3. The SMILES string of the molecule is COc1ccc(-c2c[nH]c(=O)n2-c2cccc(C(=O)C=Cc3cc(OC)c(O)c(OC)c3)c2)cc1OC. The first kappa shape index (κ1) is 25.2. The number of carbonyl (C=O) groups is 1. The van der Waals surface area contributed by atoms with Crippen LogP contribution in [0.25, 0.3) is 23.0 Å². The molecular formula is C28H26N2O7. The lowest BCUT2D eigenvalue weighted by atomic mass is 10.1. The predicted octanol–water partition coefficient (Wildman–Crippen LogP) is 4.47. The molecule has 9 nitrogen and oxygen atoms in total. The van der Waals surface area contributed by atoms with Gasteiger partial charge < -0.3 is 29.0 Å². The zero-order chi connectivity index (χ0) is 26.5. The van der Waals surface area contributed by atoms with E-state index < -0.39 is 0 Å². The number of aromatic hydroxyl groups is 1. The Labute approximate surface area is 213 Å². The molecule has 0 radical (unpaired) electrons. The summed E-state index contributed by atoms with van der Waals surface area (Å²) in [5.74, 6) is 1.15. The highest BCUT2D eigenvalue weighted by atomic mass is 16.5. The number of imidazole rings is 1. The molecule has 0 atom stereocenters. The van der Waals surface area contributed by atoms with E-state index in [1.165, 1.54) is 24.9 Å². The molecule has 0 fully saturated rings. The molecule has 0 saturated carbocycles. The Morgan fingerprint density at radius 2 is 1.54 bits per heavy atom. The summed E-state index contributed by atoms with van der Waals surface area (Å²) in [4.78, 5) is 28.4. The fourth-order valence-corrected chi connectivity index (χ4v) is 3.91. The van der Waals surface area contributed by atoms with Crippen LogP contribution >= 0.6 is 0 Å². The number of rotatable bonds is 9. The number of ether oxygens (including phenoxy) is 4. The van der Waals surface area contributed by atoms with E-state index in [0.29, 0.717) is 34.0 Å². The largest absolute Gasteiger partial charge is 0.502 e. The summed E-state index contributed by atoms with van der Waals surface area (Å²) in [6.07, 6.45) is 4.60. The standard InChI is InChI=1S/C28H26N2O7/c1-34-23-11-9-18(15-24(23)35-2)21-16-29-28(33)30(21)20-7-5-6-19(14-20)22(31)10-8-17-12-25(36-3)27(32)26(13-17)37-4/h5-16,32H,1-4H3,(H,29,33). The van der Waals surface area contributed by atoms with Gasteiger partial charge >= 0.3 is 5.69 Å². The van der Waals surface area contributed by atoms with Gasteiger partial charge in [0.1, 0.15) is 0 Å². The van der Waals surface area contributed by atoms with E-state index in [9.17, 15) is 14.7 Å². The Morgan fingerprint density at radius 3 is 2.19 bits per heavy atom. The number of hydrogen-bond acceptors (Lipinski definition) is 7. The summed E-state index contributed by atoms with van der Waals surface area (Å²) in [6, 6.07) is 15.3. The van der Waals surface area contributed by atoms with E-state index in [2.05, 4.69) is 4.98 Å². The molecule has 37 heavy (non-hydrogen) atoms. The van der Waals surface area contributed by atoms with Crippen molar-refractivity contribution in [3.8, 4) is 45.7 Å². The van der Waals surface area contributed by atoms with E-state index in [1.54, 1.807) is 75.0 Å². The van der Waals surface area contributed by atoms with Gasteiger partial charge in [0.25, 0.3) is 0 Å². The minimum atomic E-state index is -0.354. The lowest BCUT2D eigenvalue weighted by Crippen LogP contribution is -2.16. The zero-order valence-corrected chi connectivity index (χ0v) is 20.8. The molecule has 1 heterocycles. The van der Waals surface area contributed by atoms with Crippen molar-refractivity contribution in [2.75, 3.05) is 28.4 Å². The third-order valence-electron chi connectivity index (χ3n) is 5.77. The maximum absolute atomic E-state index is 13.0. The van der Waals surface area contributed by atoms with Crippen LogP contribution in [0, 0.1) is 0 Å². The number of carbonyl (C=O) groups excluding carboxylic acids is 1. The Balaban J connectivity index is 1.67. The first-order valence-corrected chi connectivity index (χ1v) is 11.2. The van der Waals surface area contributed by atoms with Crippen LogP contribution < -0.4 is 24.6 Å². The number of hydrogen-bond donors (Lipinski definition) is 2. The third kappa shape index (κ3) is 5.06. The second-order valence-corrected chi connectivity index (χ2v) is 7.91. The molecule has 9 heteroatoms. The average molecular weight is 503 g/mol. The maximum Gasteiger partial charge on any atom is 0.330 e. The number of nitrogens with zero attached hydrogens (tertiary/aromatic N) is 1. The summed E-state index contributed by atoms with van der Waals surface area (Å²) in [7, 11) is 5.95. The number of phenols is 1. The van der Waals surface area contributed by atoms with Gasteiger partial charge in [-0.2, -0.15) is 0 Å². The van der Waals surface area contributed by atoms with E-state index in [-0.39, 0.29) is 28.7 Å². The molecule has 0 bridgehead atoms. The van der Waals surface area contributed by atoms with Crippen LogP contribution in [0.1, 0.15) is 15.9 Å². The first-order valence-electron chi connectivity index (χ1n) is 11.2. The molecule has 0 saturated heterocycles. The van der Waals surface area contributed by atoms with Crippen molar-refractivity contribution >= 4 is 11.9 Å². The summed E-state index contributed by atoms with van der Waals surface area (Å²) >= 11 is 0. The van der Waals surface area contributed by atoms with Crippen LogP contribution in [-0.2, 0) is 0 Å². The quantitative estimate of drug-likeness (QED) is 0.257. The van der Waals surface area contributed by atoms with Crippen LogP contribution in [0.3, 0.4) is 0 Å². The fourth-order valence-electron chi connectivity index (χ4n) is 3.91. The zero-order valence-electron chi connectivity index (χ0n) is 20.8. The monoisotopic (exact) mass is 502 g/mol. The highest BCUT2D eigenvalue weighted by Crippen LogP contribution is 2.37. The van der Waals surface area contributed by atoms with Crippen LogP contribution in [0.15, 0.2) is 71.7 Å². The van der Waals surface area contributed by atoms with Crippen molar-refractivity contribution in [3.05, 3.63) is 88.5 Å². The summed E-state index contributed by atoms with van der Waals surface area (Å²) in [5.41, 5.74) is 2.47. The highest BCUT2D eigenvalue weighted by Gasteiger charge is 2.15. The van der Waals surface area contributed by atoms with E-state index in [4.69, 9.17) is 18.9 Å². The van der Waals surface area contributed by atoms with Gasteiger partial charge in [0, 0.05) is 17.3 Å². The number of allylic oxidation sites excluding steroid dienone is 1. The molecule has 1 aromatic heterocycles. The van der Waals surface area contributed by atoms with E-state index in [0.717, 1.165) is 5.56 Å². The van der Waals surface area contributed by atoms with Crippen molar-refractivity contribution in [2.24, 2.45) is 0 Å². The lowest BCUT2D eigenvalue weighted by molar-refractivity contribution is 0.104. The van der Waals surface area contributed by atoms with E-state index in [1.807, 2.05) is 6.07 Å². The molecule has 4 rings (SSSR count). The second-order valence-electron chi connectivity index (χ2n) is 7.91. The number of ketones is 1. The molecular weight excluding hydrogens is 476 g/mol. The van der Waals surface area contributed by atoms with Gasteiger partial charge in [-0.15, -0.1) is 0 Å². The van der Waals surface area contributed by atoms with Gasteiger partial charge in [-0.05, 0) is 54.1 Å². The smallest absolute Gasteiger partial charge is 0.330 e. The van der Waals surface area contributed by atoms with Crippen molar-refractivity contribution in [1.29, 1.82) is 0 Å². The maximum atomic E-state index is 13.0. The topological polar surface area (TPSA) is 112 Å². The number of nitrogens with one attached hydrogen (secondary N) is 1. The van der Waals surface area contributed by atoms with Crippen molar-refractivity contribution < 1.29 is 28.8 Å². The number of aromatic amines is 1. The molecule has 190 valence electrons. The molecule has 3 aromatic carbocycles. The molecule has 0 amide bonds. The minimum absolute atomic E-state index is 0.122. The molecule has 4 aromatic rings. The average Bonchev–Trinajstić information content (AvgIpc) is 3.32. The van der Waals surface area contributed by atoms with Gasteiger partial charge in [-0.3, -0.25) is 9.36 Å². The number of phenolic OH excluding ortho intramolecular Hbond substituents is 1. The van der Waals surface area contributed by atoms with Crippen LogP contribution in [0.4, 0.5) is 0 Å². The molecule has 0 aliphatic rings. The van der Waals surface area contributed by atoms with Gasteiger partial charge in [0.05, 0.1) is 39.8 Å².